The van der Waals surface area contributed by atoms with Gasteiger partial charge in [-0.2, -0.15) is 0 Å². The third-order valence-electron chi connectivity index (χ3n) is 3.30. The lowest BCUT2D eigenvalue weighted by molar-refractivity contribution is 0.102. The highest BCUT2D eigenvalue weighted by Gasteiger charge is 2.13. The molecule has 7 nitrogen and oxygen atoms in total. The number of aryl methyl sites for hydroxylation is 1. The summed E-state index contributed by atoms with van der Waals surface area (Å²) < 4.78 is 26.1. The van der Waals surface area contributed by atoms with Crippen LogP contribution in [0.5, 0.6) is 0 Å². The zero-order valence-electron chi connectivity index (χ0n) is 14.3. The molecule has 2 rings (SSSR count). The highest BCUT2D eigenvalue weighted by Crippen LogP contribution is 2.19. The molecule has 1 heterocycles. The molecule has 0 unspecified atom stereocenters. The molecule has 0 spiro atoms. The van der Waals surface area contributed by atoms with E-state index in [2.05, 4.69) is 27.2 Å². The molecule has 1 aromatic heterocycles. The number of amides is 1. The first-order chi connectivity index (χ1) is 11.9. The van der Waals surface area contributed by atoms with Crippen molar-refractivity contribution in [3.05, 3.63) is 34.8 Å². The molecule has 0 atom stereocenters. The van der Waals surface area contributed by atoms with Gasteiger partial charge in [0.2, 0.25) is 15.2 Å². The Labute approximate surface area is 151 Å². The van der Waals surface area contributed by atoms with E-state index in [1.807, 2.05) is 0 Å². The van der Waals surface area contributed by atoms with Crippen LogP contribution >= 0.6 is 11.3 Å². The number of anilines is 2. The fraction of sp³-hybridized carbons (Fsp3) is 0.438. The summed E-state index contributed by atoms with van der Waals surface area (Å²) in [6.07, 6.45) is 3.47. The van der Waals surface area contributed by atoms with Gasteiger partial charge in [0, 0.05) is 17.7 Å². The van der Waals surface area contributed by atoms with Crippen LogP contribution in [0.25, 0.3) is 0 Å². The fourth-order valence-corrected chi connectivity index (χ4v) is 4.03. The van der Waals surface area contributed by atoms with Crippen molar-refractivity contribution < 1.29 is 13.2 Å². The van der Waals surface area contributed by atoms with E-state index < -0.39 is 10.0 Å². The monoisotopic (exact) mass is 382 g/mol. The first-order valence-corrected chi connectivity index (χ1v) is 10.6. The summed E-state index contributed by atoms with van der Waals surface area (Å²) in [6.45, 7) is 3.89. The van der Waals surface area contributed by atoms with Crippen LogP contribution in [-0.4, -0.2) is 30.3 Å². The number of hydrogen-bond donors (Lipinski definition) is 2. The van der Waals surface area contributed by atoms with E-state index >= 15 is 0 Å². The number of sulfonamides is 1. The lowest BCUT2D eigenvalue weighted by Crippen LogP contribution is -2.17. The minimum Gasteiger partial charge on any atom is -0.296 e. The zero-order valence-corrected chi connectivity index (χ0v) is 15.9. The number of benzene rings is 1. The quantitative estimate of drug-likeness (QED) is 0.693. The van der Waals surface area contributed by atoms with Gasteiger partial charge in [0.25, 0.3) is 5.91 Å². The van der Waals surface area contributed by atoms with Crippen molar-refractivity contribution in [2.75, 3.05) is 15.8 Å². The van der Waals surface area contributed by atoms with E-state index in [1.54, 1.807) is 25.1 Å². The molecule has 136 valence electrons. The van der Waals surface area contributed by atoms with Crippen molar-refractivity contribution in [2.45, 2.75) is 39.5 Å². The number of unbranched alkanes of at least 4 members (excludes halogenated alkanes) is 1. The minimum atomic E-state index is -3.39. The molecule has 0 radical (unpaired) electrons. The molecule has 1 amide bonds. The second-order valence-electron chi connectivity index (χ2n) is 5.56. The SMILES string of the molecule is CCCCc1nnc(NC(=O)c2cccc(NS(=O)(=O)CCC)c2)s1. The second-order valence-corrected chi connectivity index (χ2v) is 8.46. The standard InChI is InChI=1S/C16H22N4O3S2/c1-3-5-9-14-18-19-16(24-14)17-15(21)12-7-6-8-13(11-12)20-25(22,23)10-4-2/h6-8,11,20H,3-5,9-10H2,1-2H3,(H,17,19,21). The van der Waals surface area contributed by atoms with Crippen molar-refractivity contribution in [1.82, 2.24) is 10.2 Å². The van der Waals surface area contributed by atoms with Crippen LogP contribution in [-0.2, 0) is 16.4 Å². The Morgan fingerprint density at radius 1 is 1.20 bits per heavy atom. The average molecular weight is 383 g/mol. The van der Waals surface area contributed by atoms with Crippen LogP contribution in [0.15, 0.2) is 24.3 Å². The molecule has 0 saturated heterocycles. The molecule has 0 aliphatic heterocycles. The summed E-state index contributed by atoms with van der Waals surface area (Å²) in [5.74, 6) is -0.316. The van der Waals surface area contributed by atoms with Gasteiger partial charge in [0.15, 0.2) is 0 Å². The molecule has 0 aliphatic carbocycles. The number of carbonyl (C=O) groups excluding carboxylic acids is 1. The van der Waals surface area contributed by atoms with Gasteiger partial charge in [-0.3, -0.25) is 14.8 Å². The molecule has 2 N–H and O–H groups in total. The molecule has 25 heavy (non-hydrogen) atoms. The molecular formula is C16H22N4O3S2. The lowest BCUT2D eigenvalue weighted by Gasteiger charge is -2.08. The highest BCUT2D eigenvalue weighted by atomic mass is 32.2. The first-order valence-electron chi connectivity index (χ1n) is 8.17. The van der Waals surface area contributed by atoms with Gasteiger partial charge in [-0.15, -0.1) is 10.2 Å². The Morgan fingerprint density at radius 2 is 2.00 bits per heavy atom. The molecule has 0 fully saturated rings. The Morgan fingerprint density at radius 3 is 2.72 bits per heavy atom. The number of nitrogens with one attached hydrogen (secondary N) is 2. The molecule has 9 heteroatoms. The van der Waals surface area contributed by atoms with Crippen LogP contribution in [0.3, 0.4) is 0 Å². The molecule has 0 aliphatic rings. The summed E-state index contributed by atoms with van der Waals surface area (Å²) in [4.78, 5) is 12.3. The number of nitrogens with zero attached hydrogens (tertiary/aromatic N) is 2. The van der Waals surface area contributed by atoms with Crippen molar-refractivity contribution >= 4 is 38.1 Å². The summed E-state index contributed by atoms with van der Waals surface area (Å²) in [7, 11) is -3.39. The van der Waals surface area contributed by atoms with E-state index in [0.717, 1.165) is 24.3 Å². The van der Waals surface area contributed by atoms with Gasteiger partial charge in [-0.1, -0.05) is 37.7 Å². The van der Waals surface area contributed by atoms with E-state index in [0.29, 0.717) is 22.8 Å². The number of carbonyl (C=O) groups is 1. The predicted octanol–water partition coefficient (Wildman–Crippen LogP) is 3.28. The van der Waals surface area contributed by atoms with E-state index in [4.69, 9.17) is 0 Å². The first kappa shape index (κ1) is 19.3. The summed E-state index contributed by atoms with van der Waals surface area (Å²) in [5, 5.41) is 12.0. The van der Waals surface area contributed by atoms with Crippen molar-refractivity contribution in [3.63, 3.8) is 0 Å². The van der Waals surface area contributed by atoms with Gasteiger partial charge in [-0.25, -0.2) is 8.42 Å². The molecule has 2 aromatic rings. The topological polar surface area (TPSA) is 101 Å². The van der Waals surface area contributed by atoms with Crippen LogP contribution in [0.2, 0.25) is 0 Å². The lowest BCUT2D eigenvalue weighted by atomic mass is 10.2. The van der Waals surface area contributed by atoms with Crippen LogP contribution in [0, 0.1) is 0 Å². The molecular weight excluding hydrogens is 360 g/mol. The van der Waals surface area contributed by atoms with Crippen LogP contribution in [0.1, 0.15) is 48.5 Å². The minimum absolute atomic E-state index is 0.0365. The molecule has 0 saturated carbocycles. The Balaban J connectivity index is 2.04. The van der Waals surface area contributed by atoms with E-state index in [1.165, 1.54) is 17.4 Å². The summed E-state index contributed by atoms with van der Waals surface area (Å²) in [5.41, 5.74) is 0.712. The maximum absolute atomic E-state index is 12.3. The second kappa shape index (κ2) is 8.91. The van der Waals surface area contributed by atoms with Gasteiger partial charge < -0.3 is 0 Å². The van der Waals surface area contributed by atoms with Crippen molar-refractivity contribution in [3.8, 4) is 0 Å². The normalized spacial score (nSPS) is 11.3. The van der Waals surface area contributed by atoms with Crippen LogP contribution in [0.4, 0.5) is 10.8 Å². The Kier molecular flexibility index (Phi) is 6.89. The highest BCUT2D eigenvalue weighted by molar-refractivity contribution is 7.92. The average Bonchev–Trinajstić information content (AvgIpc) is 3.00. The van der Waals surface area contributed by atoms with Crippen molar-refractivity contribution in [2.24, 2.45) is 0 Å². The maximum Gasteiger partial charge on any atom is 0.257 e. The maximum atomic E-state index is 12.3. The smallest absolute Gasteiger partial charge is 0.257 e. The molecule has 0 bridgehead atoms. The number of aromatic nitrogens is 2. The third-order valence-corrected chi connectivity index (χ3v) is 5.69. The zero-order chi connectivity index (χ0) is 18.3. The largest absolute Gasteiger partial charge is 0.296 e. The molecule has 1 aromatic carbocycles. The van der Waals surface area contributed by atoms with E-state index in [9.17, 15) is 13.2 Å². The Hall–Kier alpha value is -2.00. The van der Waals surface area contributed by atoms with Gasteiger partial charge in [0.1, 0.15) is 5.01 Å². The Bertz CT molecular complexity index is 818. The van der Waals surface area contributed by atoms with Gasteiger partial charge in [0.05, 0.1) is 5.75 Å². The fourth-order valence-electron chi connectivity index (χ4n) is 2.13. The van der Waals surface area contributed by atoms with Gasteiger partial charge in [-0.05, 0) is 31.0 Å². The summed E-state index contributed by atoms with van der Waals surface area (Å²) in [6, 6.07) is 6.36. The third kappa shape index (κ3) is 6.09. The number of rotatable bonds is 9. The summed E-state index contributed by atoms with van der Waals surface area (Å²) >= 11 is 1.35. The van der Waals surface area contributed by atoms with Crippen molar-refractivity contribution in [1.29, 1.82) is 0 Å². The van der Waals surface area contributed by atoms with E-state index in [-0.39, 0.29) is 11.7 Å². The van der Waals surface area contributed by atoms with Crippen LogP contribution < -0.4 is 10.0 Å². The number of hydrogen-bond acceptors (Lipinski definition) is 6. The predicted molar refractivity (Wildman–Crippen MR) is 101 cm³/mol. The van der Waals surface area contributed by atoms with Gasteiger partial charge >= 0.3 is 0 Å².